The largest absolute Gasteiger partial charge is 0.383 e. The first-order chi connectivity index (χ1) is 17.2. The van der Waals surface area contributed by atoms with Crippen molar-refractivity contribution in [2.75, 3.05) is 13.2 Å². The van der Waals surface area contributed by atoms with Crippen LogP contribution in [0.5, 0.6) is 0 Å². The molecule has 0 amide bonds. The highest BCUT2D eigenvalue weighted by molar-refractivity contribution is 5.81. The normalized spacial score (nSPS) is 28.8. The molecule has 1 aromatic carbocycles. The van der Waals surface area contributed by atoms with E-state index in [1.54, 1.807) is 6.07 Å². The Kier molecular flexibility index (Phi) is 5.51. The molecule has 3 aliphatic heterocycles. The van der Waals surface area contributed by atoms with Crippen LogP contribution in [0, 0.1) is 17.5 Å². The molecule has 3 aromatic rings. The Bertz CT molecular complexity index is 1380. The standard InChI is InChI=1S/C27H28F3N3O3/c28-18-3-4-19(29)17(12-18)2-1-11-32-25-7-9-26(10-8-25,36-16-25)14-27(35)15-33-22(34)6-5-21-24(33)23(27)20(30)13-31-21/h3-6,12-13,32,35H,1-2,7-11,14-16H2/t25?,26?,27-/m0/s1. The second-order valence-electron chi connectivity index (χ2n) is 10.7. The summed E-state index contributed by atoms with van der Waals surface area (Å²) in [7, 11) is 0. The van der Waals surface area contributed by atoms with E-state index in [4.69, 9.17) is 4.74 Å². The third kappa shape index (κ3) is 3.84. The van der Waals surface area contributed by atoms with E-state index in [9.17, 15) is 23.1 Å². The number of ether oxygens (including phenoxy) is 1. The van der Waals surface area contributed by atoms with E-state index in [1.807, 2.05) is 0 Å². The SMILES string of the molecule is O=c1ccc2ncc(F)c3c2n1C[C@@]3(O)CC12CCC(NCCCc3cc(F)ccc3F)(CC1)CO2. The molecule has 0 unspecified atom stereocenters. The summed E-state index contributed by atoms with van der Waals surface area (Å²) in [6, 6.07) is 6.46. The van der Waals surface area contributed by atoms with E-state index in [0.717, 1.165) is 31.2 Å². The molecule has 0 radical (unpaired) electrons. The van der Waals surface area contributed by atoms with Crippen LogP contribution in [-0.4, -0.2) is 38.9 Å². The van der Waals surface area contributed by atoms with Crippen LogP contribution in [0.15, 0.2) is 41.3 Å². The summed E-state index contributed by atoms with van der Waals surface area (Å²) >= 11 is 0. The van der Waals surface area contributed by atoms with Gasteiger partial charge in [-0.1, -0.05) is 0 Å². The number of nitrogens with zero attached hydrogens (tertiary/aromatic N) is 2. The highest BCUT2D eigenvalue weighted by Crippen LogP contribution is 2.51. The van der Waals surface area contributed by atoms with Crippen molar-refractivity contribution in [1.29, 1.82) is 0 Å². The third-order valence-corrected chi connectivity index (χ3v) is 8.36. The number of aryl methyl sites for hydroxylation is 1. The van der Waals surface area contributed by atoms with Crippen molar-refractivity contribution in [1.82, 2.24) is 14.9 Å². The number of rotatable bonds is 7. The van der Waals surface area contributed by atoms with Gasteiger partial charge >= 0.3 is 0 Å². The van der Waals surface area contributed by atoms with Crippen molar-refractivity contribution >= 4 is 11.0 Å². The van der Waals surface area contributed by atoms with Crippen molar-refractivity contribution in [3.8, 4) is 0 Å². The van der Waals surface area contributed by atoms with Gasteiger partial charge in [0.2, 0.25) is 0 Å². The fraction of sp³-hybridized carbons (Fsp3) is 0.481. The lowest BCUT2D eigenvalue weighted by atomic mass is 9.67. The van der Waals surface area contributed by atoms with Crippen molar-refractivity contribution in [2.45, 2.75) is 68.2 Å². The van der Waals surface area contributed by atoms with Crippen molar-refractivity contribution in [2.24, 2.45) is 0 Å². The van der Waals surface area contributed by atoms with Gasteiger partial charge in [0.1, 0.15) is 23.1 Å². The fourth-order valence-electron chi connectivity index (χ4n) is 6.44. The molecule has 190 valence electrons. The lowest BCUT2D eigenvalue weighted by molar-refractivity contribution is -0.192. The van der Waals surface area contributed by atoms with E-state index in [1.165, 1.54) is 16.7 Å². The van der Waals surface area contributed by atoms with Gasteiger partial charge in [0, 0.05) is 23.6 Å². The van der Waals surface area contributed by atoms with E-state index in [0.29, 0.717) is 55.4 Å². The van der Waals surface area contributed by atoms with Crippen molar-refractivity contribution in [3.05, 3.63) is 75.5 Å². The van der Waals surface area contributed by atoms with Crippen LogP contribution in [0.1, 0.15) is 49.7 Å². The molecule has 1 saturated carbocycles. The zero-order valence-corrected chi connectivity index (χ0v) is 19.8. The Hall–Kier alpha value is -2.75. The zero-order chi connectivity index (χ0) is 25.1. The van der Waals surface area contributed by atoms with Crippen LogP contribution < -0.4 is 10.9 Å². The topological polar surface area (TPSA) is 76.4 Å². The van der Waals surface area contributed by atoms with Crippen molar-refractivity contribution in [3.63, 3.8) is 0 Å². The maximum Gasteiger partial charge on any atom is 0.251 e. The molecule has 1 aliphatic carbocycles. The highest BCUT2D eigenvalue weighted by Gasteiger charge is 2.54. The summed E-state index contributed by atoms with van der Waals surface area (Å²) in [5, 5.41) is 15.3. The summed E-state index contributed by atoms with van der Waals surface area (Å²) in [4.78, 5) is 16.6. The number of nitrogens with one attached hydrogen (secondary N) is 1. The lowest BCUT2D eigenvalue weighted by Gasteiger charge is -2.55. The summed E-state index contributed by atoms with van der Waals surface area (Å²) < 4.78 is 50.0. The van der Waals surface area contributed by atoms with Crippen LogP contribution in [0.3, 0.4) is 0 Å². The van der Waals surface area contributed by atoms with Crippen LogP contribution in [0.25, 0.3) is 11.0 Å². The number of fused-ring (bicyclic) bond motifs is 3. The average molecular weight is 500 g/mol. The van der Waals surface area contributed by atoms with E-state index in [2.05, 4.69) is 10.3 Å². The van der Waals surface area contributed by atoms with Gasteiger partial charge in [-0.05, 0) is 74.9 Å². The second kappa shape index (κ2) is 8.39. The van der Waals surface area contributed by atoms with Crippen LogP contribution in [-0.2, 0) is 23.3 Å². The smallest absolute Gasteiger partial charge is 0.251 e. The van der Waals surface area contributed by atoms with Gasteiger partial charge < -0.3 is 19.7 Å². The first-order valence-electron chi connectivity index (χ1n) is 12.5. The Balaban J connectivity index is 1.12. The molecule has 0 spiro atoms. The summed E-state index contributed by atoms with van der Waals surface area (Å²) in [6.45, 7) is 1.08. The van der Waals surface area contributed by atoms with Gasteiger partial charge in [0.15, 0.2) is 0 Å². The van der Waals surface area contributed by atoms with Gasteiger partial charge in [-0.25, -0.2) is 13.2 Å². The number of hydrogen-bond donors (Lipinski definition) is 2. The van der Waals surface area contributed by atoms with Gasteiger partial charge in [-0.3, -0.25) is 9.78 Å². The Morgan fingerprint density at radius 3 is 2.64 bits per heavy atom. The minimum atomic E-state index is -1.56. The zero-order valence-electron chi connectivity index (χ0n) is 19.8. The molecular weight excluding hydrogens is 471 g/mol. The fourth-order valence-corrected chi connectivity index (χ4v) is 6.44. The molecule has 5 heterocycles. The molecule has 6 nitrogen and oxygen atoms in total. The second-order valence-corrected chi connectivity index (χ2v) is 10.7. The maximum atomic E-state index is 14.9. The molecule has 2 aromatic heterocycles. The Labute approximate surface area is 206 Å². The number of benzene rings is 1. The van der Waals surface area contributed by atoms with Gasteiger partial charge in [0.25, 0.3) is 5.56 Å². The van der Waals surface area contributed by atoms with Crippen LogP contribution in [0.4, 0.5) is 13.2 Å². The molecule has 1 atom stereocenters. The summed E-state index contributed by atoms with van der Waals surface area (Å²) in [5.41, 5.74) is -1.30. The van der Waals surface area contributed by atoms with E-state index in [-0.39, 0.29) is 29.6 Å². The minimum Gasteiger partial charge on any atom is -0.383 e. The van der Waals surface area contributed by atoms with Crippen LogP contribution in [0.2, 0.25) is 0 Å². The number of pyridine rings is 2. The van der Waals surface area contributed by atoms with Gasteiger partial charge in [-0.2, -0.15) is 0 Å². The number of hydrogen-bond acceptors (Lipinski definition) is 5. The molecule has 2 saturated heterocycles. The average Bonchev–Trinajstić information content (AvgIpc) is 3.18. The molecule has 9 heteroatoms. The molecule has 7 rings (SSSR count). The monoisotopic (exact) mass is 499 g/mol. The predicted octanol–water partition coefficient (Wildman–Crippen LogP) is 3.71. The molecule has 2 bridgehead atoms. The van der Waals surface area contributed by atoms with Crippen LogP contribution >= 0.6 is 0 Å². The molecule has 36 heavy (non-hydrogen) atoms. The van der Waals surface area contributed by atoms with Gasteiger partial charge in [0.05, 0.1) is 36.0 Å². The van der Waals surface area contributed by atoms with Gasteiger partial charge in [-0.15, -0.1) is 0 Å². The highest BCUT2D eigenvalue weighted by atomic mass is 19.1. The Morgan fingerprint density at radius 1 is 1.08 bits per heavy atom. The van der Waals surface area contributed by atoms with E-state index < -0.39 is 28.7 Å². The Morgan fingerprint density at radius 2 is 1.89 bits per heavy atom. The molecular formula is C27H28F3N3O3. The predicted molar refractivity (Wildman–Crippen MR) is 127 cm³/mol. The summed E-state index contributed by atoms with van der Waals surface area (Å²) in [5.74, 6) is -1.45. The molecule has 3 fully saturated rings. The summed E-state index contributed by atoms with van der Waals surface area (Å²) in [6.07, 6.45) is 5.47. The first kappa shape index (κ1) is 23.6. The number of halogens is 3. The number of aliphatic hydroxyl groups is 1. The number of aromatic nitrogens is 2. The quantitative estimate of drug-likeness (QED) is 0.485. The van der Waals surface area contributed by atoms with E-state index >= 15 is 0 Å². The third-order valence-electron chi connectivity index (χ3n) is 8.36. The minimum absolute atomic E-state index is 0.0216. The molecule has 2 N–H and O–H groups in total. The lowest BCUT2D eigenvalue weighted by Crippen LogP contribution is -2.63. The first-order valence-corrected chi connectivity index (χ1v) is 12.5. The maximum absolute atomic E-state index is 14.9. The van der Waals surface area contributed by atoms with Crippen molar-refractivity contribution < 1.29 is 23.0 Å². The molecule has 4 aliphatic rings.